The number of hydrogen-bond donors (Lipinski definition) is 2. The molecule has 0 aromatic heterocycles. The normalized spacial score (nSPS) is 18.7. The van der Waals surface area contributed by atoms with Crippen LogP contribution in [0.15, 0.2) is 12.1 Å². The zero-order valence-corrected chi connectivity index (χ0v) is 6.72. The Balaban J connectivity index is 2.57. The van der Waals surface area contributed by atoms with Crippen molar-refractivity contribution in [3.63, 3.8) is 0 Å². The highest BCUT2D eigenvalue weighted by molar-refractivity contribution is 5.41. The van der Waals surface area contributed by atoms with Crippen molar-refractivity contribution in [1.29, 1.82) is 0 Å². The Hall–Kier alpha value is -1.16. The fraction of sp³-hybridized carbons (Fsp3) is 0.333. The lowest BCUT2D eigenvalue weighted by Crippen LogP contribution is -2.08. The Morgan fingerprint density at radius 1 is 1.23 bits per heavy atom. The Labute approximate surface area is 73.4 Å². The first-order valence-corrected chi connectivity index (χ1v) is 3.94. The third kappa shape index (κ3) is 1.27. The largest absolute Gasteiger partial charge is 0.507 e. The molecular formula is C9H8F2O2. The van der Waals surface area contributed by atoms with E-state index in [9.17, 15) is 19.0 Å². The van der Waals surface area contributed by atoms with E-state index in [1.54, 1.807) is 0 Å². The van der Waals surface area contributed by atoms with Crippen LogP contribution >= 0.6 is 0 Å². The van der Waals surface area contributed by atoms with Crippen molar-refractivity contribution in [3.05, 3.63) is 29.3 Å². The lowest BCUT2D eigenvalue weighted by molar-refractivity contribution is 0.142. The molecule has 2 N–H and O–H groups in total. The summed E-state index contributed by atoms with van der Waals surface area (Å²) in [5, 5.41) is 18.7. The maximum atomic E-state index is 13.1. The van der Waals surface area contributed by atoms with Gasteiger partial charge >= 0.3 is 0 Å². The standard InChI is InChI=1S/C9H8F2O2/c10-5-3-6(11)8(7(12)4-5)9(13)1-2-9/h3-4,12-13H,1-2H2. The van der Waals surface area contributed by atoms with Gasteiger partial charge in [0.15, 0.2) is 0 Å². The second-order valence-corrected chi connectivity index (χ2v) is 3.31. The first-order chi connectivity index (χ1) is 6.03. The van der Waals surface area contributed by atoms with Gasteiger partial charge in [0, 0.05) is 12.1 Å². The molecule has 1 aromatic carbocycles. The molecule has 13 heavy (non-hydrogen) atoms. The van der Waals surface area contributed by atoms with Crippen molar-refractivity contribution in [2.75, 3.05) is 0 Å². The first-order valence-electron chi connectivity index (χ1n) is 3.94. The second-order valence-electron chi connectivity index (χ2n) is 3.31. The minimum absolute atomic E-state index is 0.186. The molecule has 0 amide bonds. The summed E-state index contributed by atoms with van der Waals surface area (Å²) in [5.41, 5.74) is -1.46. The van der Waals surface area contributed by atoms with E-state index in [0.29, 0.717) is 18.9 Å². The Kier molecular flexibility index (Phi) is 1.57. The van der Waals surface area contributed by atoms with Crippen LogP contribution in [0.1, 0.15) is 18.4 Å². The summed E-state index contributed by atoms with van der Waals surface area (Å²) < 4.78 is 25.6. The number of aromatic hydroxyl groups is 1. The van der Waals surface area contributed by atoms with Crippen molar-refractivity contribution in [2.45, 2.75) is 18.4 Å². The average molecular weight is 186 g/mol. The van der Waals surface area contributed by atoms with Gasteiger partial charge in [-0.05, 0) is 12.8 Å². The van der Waals surface area contributed by atoms with Gasteiger partial charge in [0.05, 0.1) is 11.2 Å². The summed E-state index contributed by atoms with van der Waals surface area (Å²) in [6.07, 6.45) is 0.812. The number of rotatable bonds is 1. The van der Waals surface area contributed by atoms with Gasteiger partial charge < -0.3 is 10.2 Å². The molecule has 1 aromatic rings. The van der Waals surface area contributed by atoms with Crippen molar-refractivity contribution in [2.24, 2.45) is 0 Å². The molecule has 0 aliphatic heterocycles. The average Bonchev–Trinajstić information content (AvgIpc) is 2.65. The van der Waals surface area contributed by atoms with E-state index in [0.717, 1.165) is 6.07 Å². The van der Waals surface area contributed by atoms with Gasteiger partial charge in [-0.3, -0.25) is 0 Å². The van der Waals surface area contributed by atoms with Crippen molar-refractivity contribution in [1.82, 2.24) is 0 Å². The Morgan fingerprint density at radius 3 is 2.31 bits per heavy atom. The van der Waals surface area contributed by atoms with Crippen molar-refractivity contribution in [3.8, 4) is 5.75 Å². The lowest BCUT2D eigenvalue weighted by atomic mass is 10.1. The van der Waals surface area contributed by atoms with Crippen LogP contribution in [0.5, 0.6) is 5.75 Å². The fourth-order valence-corrected chi connectivity index (χ4v) is 1.39. The van der Waals surface area contributed by atoms with E-state index in [-0.39, 0.29) is 5.56 Å². The van der Waals surface area contributed by atoms with Gasteiger partial charge in [-0.15, -0.1) is 0 Å². The van der Waals surface area contributed by atoms with Crippen LogP contribution in [-0.4, -0.2) is 10.2 Å². The summed E-state index contributed by atoms with van der Waals surface area (Å²) >= 11 is 0. The van der Waals surface area contributed by atoms with Crippen LogP contribution < -0.4 is 0 Å². The van der Waals surface area contributed by atoms with Gasteiger partial charge in [0.2, 0.25) is 0 Å². The van der Waals surface area contributed by atoms with Crippen LogP contribution in [-0.2, 0) is 5.60 Å². The molecule has 1 fully saturated rings. The van der Waals surface area contributed by atoms with Gasteiger partial charge in [-0.1, -0.05) is 0 Å². The topological polar surface area (TPSA) is 40.5 Å². The molecule has 0 unspecified atom stereocenters. The fourth-order valence-electron chi connectivity index (χ4n) is 1.39. The number of hydrogen-bond acceptors (Lipinski definition) is 2. The molecule has 1 aliphatic rings. The SMILES string of the molecule is Oc1cc(F)cc(F)c1C1(O)CC1. The number of aliphatic hydroxyl groups is 1. The molecule has 0 heterocycles. The molecule has 0 radical (unpaired) electrons. The minimum Gasteiger partial charge on any atom is -0.507 e. The van der Waals surface area contributed by atoms with Crippen LogP contribution in [0.2, 0.25) is 0 Å². The number of halogens is 2. The summed E-state index contributed by atoms with van der Waals surface area (Å²) in [5.74, 6) is -2.25. The lowest BCUT2D eigenvalue weighted by Gasteiger charge is -2.11. The highest BCUT2D eigenvalue weighted by atomic mass is 19.1. The smallest absolute Gasteiger partial charge is 0.135 e. The maximum absolute atomic E-state index is 13.1. The zero-order chi connectivity index (χ0) is 9.64. The maximum Gasteiger partial charge on any atom is 0.135 e. The Bertz CT molecular complexity index is 336. The van der Waals surface area contributed by atoms with Gasteiger partial charge in [0.25, 0.3) is 0 Å². The van der Waals surface area contributed by atoms with E-state index in [1.165, 1.54) is 0 Å². The quantitative estimate of drug-likeness (QED) is 0.700. The summed E-state index contributed by atoms with van der Waals surface area (Å²) in [4.78, 5) is 0. The van der Waals surface area contributed by atoms with E-state index < -0.39 is 23.0 Å². The van der Waals surface area contributed by atoms with Crippen LogP contribution in [0.4, 0.5) is 8.78 Å². The van der Waals surface area contributed by atoms with E-state index in [1.807, 2.05) is 0 Å². The molecular weight excluding hydrogens is 178 g/mol. The van der Waals surface area contributed by atoms with Crippen LogP contribution in [0.3, 0.4) is 0 Å². The number of benzene rings is 1. The molecule has 0 saturated heterocycles. The number of phenols is 1. The molecule has 70 valence electrons. The minimum atomic E-state index is -1.28. The van der Waals surface area contributed by atoms with Crippen molar-refractivity contribution < 1.29 is 19.0 Å². The first kappa shape index (κ1) is 8.44. The molecule has 0 bridgehead atoms. The molecule has 1 saturated carbocycles. The van der Waals surface area contributed by atoms with Gasteiger partial charge in [-0.25, -0.2) is 8.78 Å². The molecule has 2 rings (SSSR count). The van der Waals surface area contributed by atoms with Gasteiger partial charge in [-0.2, -0.15) is 0 Å². The van der Waals surface area contributed by atoms with Crippen LogP contribution in [0.25, 0.3) is 0 Å². The van der Waals surface area contributed by atoms with Crippen molar-refractivity contribution >= 4 is 0 Å². The Morgan fingerprint density at radius 2 is 1.85 bits per heavy atom. The molecule has 1 aliphatic carbocycles. The summed E-state index contributed by atoms with van der Waals surface area (Å²) in [6.45, 7) is 0. The second kappa shape index (κ2) is 2.42. The molecule has 0 atom stereocenters. The third-order valence-corrected chi connectivity index (χ3v) is 2.22. The van der Waals surface area contributed by atoms with Gasteiger partial charge in [0.1, 0.15) is 17.4 Å². The van der Waals surface area contributed by atoms with Crippen LogP contribution in [0, 0.1) is 11.6 Å². The van der Waals surface area contributed by atoms with E-state index in [4.69, 9.17) is 0 Å². The highest BCUT2D eigenvalue weighted by Gasteiger charge is 2.46. The predicted molar refractivity (Wildman–Crippen MR) is 41.2 cm³/mol. The molecule has 4 heteroatoms. The summed E-state index contributed by atoms with van der Waals surface area (Å²) in [6, 6.07) is 1.46. The zero-order valence-electron chi connectivity index (χ0n) is 6.72. The van der Waals surface area contributed by atoms with E-state index in [2.05, 4.69) is 0 Å². The molecule has 2 nitrogen and oxygen atoms in total. The highest BCUT2D eigenvalue weighted by Crippen LogP contribution is 2.49. The number of phenolic OH excluding ortho intramolecular Hbond substituents is 1. The monoisotopic (exact) mass is 186 g/mol. The summed E-state index contributed by atoms with van der Waals surface area (Å²) in [7, 11) is 0. The third-order valence-electron chi connectivity index (χ3n) is 2.22. The molecule has 0 spiro atoms. The van der Waals surface area contributed by atoms with E-state index >= 15 is 0 Å². The predicted octanol–water partition coefficient (Wildman–Crippen LogP) is 1.65.